The number of benzene rings is 1. The molecule has 3 atom stereocenters. The maximum atomic E-state index is 13.2. The fourth-order valence-corrected chi connectivity index (χ4v) is 4.06. The molecule has 1 saturated heterocycles. The summed E-state index contributed by atoms with van der Waals surface area (Å²) in [6, 6.07) is 5.35. The molecule has 2 aliphatic rings. The molecule has 5 rings (SSSR count). The number of hydrogen-bond donors (Lipinski definition) is 1. The highest BCUT2D eigenvalue weighted by atomic mass is 35.5. The van der Waals surface area contributed by atoms with E-state index in [0.717, 1.165) is 36.4 Å². The molecule has 3 aromatic rings. The van der Waals surface area contributed by atoms with Gasteiger partial charge in [0.15, 0.2) is 16.8 Å². The van der Waals surface area contributed by atoms with Crippen molar-refractivity contribution in [3.63, 3.8) is 0 Å². The minimum Gasteiger partial charge on any atom is -0.324 e. The number of halogens is 2. The summed E-state index contributed by atoms with van der Waals surface area (Å²) >= 11 is 5.79. The lowest BCUT2D eigenvalue weighted by Gasteiger charge is -2.26. The molecule has 1 N–H and O–H groups in total. The van der Waals surface area contributed by atoms with Crippen molar-refractivity contribution in [3.8, 4) is 11.4 Å². The van der Waals surface area contributed by atoms with Crippen molar-refractivity contribution < 1.29 is 9.18 Å². The molecule has 1 aliphatic heterocycles. The number of nitrogens with one attached hydrogen (secondary N) is 1. The molecule has 1 aromatic carbocycles. The van der Waals surface area contributed by atoms with Crippen molar-refractivity contribution in [1.29, 1.82) is 0 Å². The topological polar surface area (TPSA) is 96.8 Å². The predicted molar refractivity (Wildman–Crippen MR) is 108 cm³/mol. The molecule has 3 heterocycles. The Kier molecular flexibility index (Phi) is 4.54. The fraction of sp³-hybridized carbons (Fsp3) is 0.300. The molecule has 0 radical (unpaired) electrons. The zero-order chi connectivity index (χ0) is 20.8. The van der Waals surface area contributed by atoms with Crippen LogP contribution in [0, 0.1) is 18.7 Å². The summed E-state index contributed by atoms with van der Waals surface area (Å²) in [5.74, 6) is 0.625. The summed E-state index contributed by atoms with van der Waals surface area (Å²) in [4.78, 5) is 27.3. The van der Waals surface area contributed by atoms with E-state index >= 15 is 0 Å². The van der Waals surface area contributed by atoms with Crippen molar-refractivity contribution in [2.24, 2.45) is 5.92 Å². The lowest BCUT2D eigenvalue weighted by Crippen LogP contribution is -2.43. The van der Waals surface area contributed by atoms with E-state index in [1.54, 1.807) is 6.07 Å². The highest BCUT2D eigenvalue weighted by Gasteiger charge is 2.55. The normalized spacial score (nSPS) is 22.0. The van der Waals surface area contributed by atoms with Gasteiger partial charge in [0.1, 0.15) is 6.04 Å². The number of piperidine rings is 1. The van der Waals surface area contributed by atoms with E-state index in [2.05, 4.69) is 30.5 Å². The Balaban J connectivity index is 1.38. The summed E-state index contributed by atoms with van der Waals surface area (Å²) in [7, 11) is 0. The molecule has 30 heavy (non-hydrogen) atoms. The third kappa shape index (κ3) is 3.45. The van der Waals surface area contributed by atoms with Crippen LogP contribution < -0.4 is 10.2 Å². The third-order valence-electron chi connectivity index (χ3n) is 5.53. The second-order valence-corrected chi connectivity index (χ2v) is 7.93. The van der Waals surface area contributed by atoms with Crippen LogP contribution in [0.3, 0.4) is 0 Å². The van der Waals surface area contributed by atoms with Gasteiger partial charge in [-0.1, -0.05) is 17.7 Å². The van der Waals surface area contributed by atoms with Crippen molar-refractivity contribution in [1.82, 2.24) is 25.1 Å². The molecular formula is C20H17ClFN7O. The lowest BCUT2D eigenvalue weighted by atomic mass is 10.1. The first-order valence-electron chi connectivity index (χ1n) is 9.52. The molecule has 10 heteroatoms. The maximum Gasteiger partial charge on any atom is 0.247 e. The minimum absolute atomic E-state index is 0.143. The van der Waals surface area contributed by atoms with Gasteiger partial charge in [0.2, 0.25) is 11.9 Å². The quantitative estimate of drug-likeness (QED) is 0.686. The predicted octanol–water partition coefficient (Wildman–Crippen LogP) is 3.04. The van der Waals surface area contributed by atoms with Crippen LogP contribution in [0.25, 0.3) is 11.4 Å². The number of anilines is 2. The van der Waals surface area contributed by atoms with Gasteiger partial charge in [-0.2, -0.15) is 0 Å². The van der Waals surface area contributed by atoms with Crippen LogP contribution in [-0.4, -0.2) is 43.1 Å². The van der Waals surface area contributed by atoms with Gasteiger partial charge in [0.05, 0.1) is 18.6 Å². The first-order chi connectivity index (χ1) is 14.5. The third-order valence-corrected chi connectivity index (χ3v) is 5.70. The van der Waals surface area contributed by atoms with Crippen LogP contribution in [0.15, 0.2) is 36.8 Å². The number of fused-ring (bicyclic) bond motifs is 1. The molecule has 2 fully saturated rings. The van der Waals surface area contributed by atoms with E-state index < -0.39 is 5.82 Å². The number of hydrogen-bond acceptors (Lipinski definition) is 7. The minimum atomic E-state index is -0.500. The number of carbonyl (C=O) groups excluding carboxylic acids is 1. The van der Waals surface area contributed by atoms with Gasteiger partial charge in [-0.3, -0.25) is 4.79 Å². The summed E-state index contributed by atoms with van der Waals surface area (Å²) in [6.07, 6.45) is 5.43. The Hall–Kier alpha value is -3.20. The van der Waals surface area contributed by atoms with E-state index in [-0.39, 0.29) is 23.1 Å². The van der Waals surface area contributed by atoms with E-state index in [4.69, 9.17) is 11.6 Å². The second-order valence-electron chi connectivity index (χ2n) is 7.55. The van der Waals surface area contributed by atoms with Gasteiger partial charge < -0.3 is 10.2 Å². The van der Waals surface area contributed by atoms with Crippen molar-refractivity contribution in [2.75, 3.05) is 10.2 Å². The molecular weight excluding hydrogens is 409 g/mol. The Labute approximate surface area is 176 Å². The number of amides is 1. The Bertz CT molecular complexity index is 1110. The standard InChI is InChI=1S/C20H17ClFN7O/c1-10-2-3-13(6-14(10)18-23-7-12(22)8-24-18)26-19(30)16-5-11-4-15(11)29(16)20-25-9-17(21)27-28-20/h2-3,6-9,11,15-16H,4-5H2,1H3,(H,26,30)/t11-,15-,16-/m1/s1. The van der Waals surface area contributed by atoms with Crippen molar-refractivity contribution >= 4 is 29.1 Å². The molecule has 1 aliphatic carbocycles. The van der Waals surface area contributed by atoms with Gasteiger partial charge in [0, 0.05) is 17.3 Å². The molecule has 8 nitrogen and oxygen atoms in total. The molecule has 2 aromatic heterocycles. The first-order valence-corrected chi connectivity index (χ1v) is 9.90. The average Bonchev–Trinajstić information content (AvgIpc) is 3.41. The lowest BCUT2D eigenvalue weighted by molar-refractivity contribution is -0.117. The summed E-state index contributed by atoms with van der Waals surface area (Å²) < 4.78 is 13.2. The number of nitrogens with zero attached hydrogens (tertiary/aromatic N) is 6. The van der Waals surface area contributed by atoms with Crippen LogP contribution in [0.5, 0.6) is 0 Å². The van der Waals surface area contributed by atoms with E-state index in [1.165, 1.54) is 6.20 Å². The van der Waals surface area contributed by atoms with Gasteiger partial charge >= 0.3 is 0 Å². The largest absolute Gasteiger partial charge is 0.324 e. The first kappa shape index (κ1) is 18.8. The maximum absolute atomic E-state index is 13.2. The van der Waals surface area contributed by atoms with Gasteiger partial charge in [-0.15, -0.1) is 10.2 Å². The molecule has 0 unspecified atom stereocenters. The number of rotatable bonds is 4. The molecule has 1 amide bonds. The Morgan fingerprint density at radius 3 is 2.70 bits per heavy atom. The number of carbonyl (C=O) groups is 1. The summed E-state index contributed by atoms with van der Waals surface area (Å²) in [6.45, 7) is 1.91. The van der Waals surface area contributed by atoms with Gasteiger partial charge in [-0.25, -0.2) is 19.3 Å². The molecule has 0 bridgehead atoms. The zero-order valence-corrected chi connectivity index (χ0v) is 16.7. The summed E-state index contributed by atoms with van der Waals surface area (Å²) in [5, 5.41) is 11.1. The monoisotopic (exact) mass is 425 g/mol. The smallest absolute Gasteiger partial charge is 0.247 e. The Morgan fingerprint density at radius 1 is 1.17 bits per heavy atom. The zero-order valence-electron chi connectivity index (χ0n) is 16.0. The van der Waals surface area contributed by atoms with Gasteiger partial charge in [0.25, 0.3) is 0 Å². The van der Waals surface area contributed by atoms with Crippen molar-refractivity contribution in [3.05, 3.63) is 53.3 Å². The summed E-state index contributed by atoms with van der Waals surface area (Å²) in [5.41, 5.74) is 2.26. The number of aromatic nitrogens is 5. The number of aryl methyl sites for hydroxylation is 1. The highest BCUT2D eigenvalue weighted by molar-refractivity contribution is 6.29. The Morgan fingerprint density at radius 2 is 1.97 bits per heavy atom. The van der Waals surface area contributed by atoms with Crippen LogP contribution in [0.1, 0.15) is 18.4 Å². The van der Waals surface area contributed by atoms with Crippen LogP contribution in [-0.2, 0) is 4.79 Å². The van der Waals surface area contributed by atoms with Crippen LogP contribution in [0.2, 0.25) is 5.15 Å². The van der Waals surface area contributed by atoms with Crippen molar-refractivity contribution in [2.45, 2.75) is 31.8 Å². The van der Waals surface area contributed by atoms with E-state index in [1.807, 2.05) is 24.0 Å². The SMILES string of the molecule is Cc1ccc(NC(=O)[C@H]2C[C@H]3C[C@H]3N2c2ncc(Cl)nn2)cc1-c1ncc(F)cn1. The molecule has 0 spiro atoms. The van der Waals surface area contributed by atoms with Gasteiger partial charge in [-0.05, 0) is 43.4 Å². The average molecular weight is 426 g/mol. The highest BCUT2D eigenvalue weighted by Crippen LogP contribution is 2.49. The second kappa shape index (κ2) is 7.24. The molecule has 1 saturated carbocycles. The fourth-order valence-electron chi connectivity index (χ4n) is 3.97. The molecule has 152 valence electrons. The van der Waals surface area contributed by atoms with Crippen LogP contribution >= 0.6 is 11.6 Å². The van der Waals surface area contributed by atoms with E-state index in [9.17, 15) is 9.18 Å². The van der Waals surface area contributed by atoms with Crippen LogP contribution in [0.4, 0.5) is 16.0 Å². The van der Waals surface area contributed by atoms with E-state index in [0.29, 0.717) is 23.4 Å².